The number of aromatic nitrogens is 1. The first-order valence-electron chi connectivity index (χ1n) is 9.57. The zero-order chi connectivity index (χ0) is 21.1. The monoisotopic (exact) mass is 401 g/mol. The number of carboxylic acid groups (broad SMARTS) is 1. The van der Waals surface area contributed by atoms with E-state index in [1.54, 1.807) is 16.7 Å². The molecule has 30 heavy (non-hydrogen) atoms. The summed E-state index contributed by atoms with van der Waals surface area (Å²) in [6.07, 6.45) is 0.609. The summed E-state index contributed by atoms with van der Waals surface area (Å²) in [4.78, 5) is 35.2. The van der Waals surface area contributed by atoms with Crippen molar-refractivity contribution < 1.29 is 19.4 Å². The van der Waals surface area contributed by atoms with Crippen LogP contribution in [-0.4, -0.2) is 28.0 Å². The number of carbonyl (C=O) groups is 2. The molecule has 0 aliphatic heterocycles. The molecule has 4 aromatic rings. The number of hydrogen-bond acceptors (Lipinski definition) is 4. The van der Waals surface area contributed by atoms with Gasteiger partial charge in [-0.2, -0.15) is 0 Å². The minimum absolute atomic E-state index is 0.0270. The number of pyridine rings is 1. The lowest BCUT2D eigenvalue weighted by Crippen LogP contribution is -2.22. The molecule has 6 heteroatoms. The van der Waals surface area contributed by atoms with E-state index in [1.807, 2.05) is 48.5 Å². The van der Waals surface area contributed by atoms with E-state index in [0.29, 0.717) is 30.7 Å². The Balaban J connectivity index is 1.49. The molecule has 0 aliphatic rings. The number of carbonyl (C=O) groups excluding carboxylic acids is 1. The van der Waals surface area contributed by atoms with Crippen molar-refractivity contribution in [2.24, 2.45) is 0 Å². The molecule has 0 atom stereocenters. The number of ketones is 1. The van der Waals surface area contributed by atoms with Crippen molar-refractivity contribution in [1.29, 1.82) is 0 Å². The SMILES string of the molecule is O=C(O)C(=O)c1ccc(OCCCn2c(=O)c3ccccc3c3ccccc32)cc1. The van der Waals surface area contributed by atoms with Crippen LogP contribution >= 0.6 is 0 Å². The molecule has 0 saturated heterocycles. The maximum atomic E-state index is 13.0. The molecule has 0 bridgehead atoms. The van der Waals surface area contributed by atoms with Crippen LogP contribution in [-0.2, 0) is 11.3 Å². The van der Waals surface area contributed by atoms with E-state index in [1.165, 1.54) is 12.1 Å². The van der Waals surface area contributed by atoms with Crippen molar-refractivity contribution >= 4 is 33.4 Å². The van der Waals surface area contributed by atoms with Crippen molar-refractivity contribution in [1.82, 2.24) is 4.57 Å². The summed E-state index contributed by atoms with van der Waals surface area (Å²) in [5.41, 5.74) is 0.961. The van der Waals surface area contributed by atoms with E-state index in [2.05, 4.69) is 0 Å². The Morgan fingerprint density at radius 3 is 2.17 bits per heavy atom. The van der Waals surface area contributed by atoms with Crippen molar-refractivity contribution in [2.75, 3.05) is 6.61 Å². The molecule has 1 heterocycles. The largest absolute Gasteiger partial charge is 0.494 e. The van der Waals surface area contributed by atoms with Gasteiger partial charge in [0, 0.05) is 22.9 Å². The van der Waals surface area contributed by atoms with Crippen LogP contribution in [0.3, 0.4) is 0 Å². The number of para-hydroxylation sites is 1. The molecular formula is C24H19NO5. The molecule has 0 radical (unpaired) electrons. The predicted octanol–water partition coefficient (Wildman–Crippen LogP) is 3.89. The fraction of sp³-hybridized carbons (Fsp3) is 0.125. The van der Waals surface area contributed by atoms with Crippen molar-refractivity contribution in [2.45, 2.75) is 13.0 Å². The minimum Gasteiger partial charge on any atom is -0.494 e. The Labute approximate surface area is 171 Å². The fourth-order valence-electron chi connectivity index (χ4n) is 3.56. The first kappa shape index (κ1) is 19.4. The molecule has 4 rings (SSSR count). The Kier molecular flexibility index (Phi) is 5.30. The summed E-state index contributed by atoms with van der Waals surface area (Å²) < 4.78 is 7.46. The molecule has 0 amide bonds. The number of fused-ring (bicyclic) bond motifs is 3. The van der Waals surface area contributed by atoms with Crippen LogP contribution < -0.4 is 10.3 Å². The normalized spacial score (nSPS) is 10.9. The number of aryl methyl sites for hydroxylation is 1. The summed E-state index contributed by atoms with van der Waals surface area (Å²) >= 11 is 0. The highest BCUT2D eigenvalue weighted by molar-refractivity contribution is 6.39. The quantitative estimate of drug-likeness (QED) is 0.220. The summed E-state index contributed by atoms with van der Waals surface area (Å²) in [5, 5.41) is 11.4. The molecular weight excluding hydrogens is 382 g/mol. The maximum absolute atomic E-state index is 13.0. The first-order valence-corrected chi connectivity index (χ1v) is 9.57. The van der Waals surface area contributed by atoms with Crippen molar-refractivity contribution in [3.63, 3.8) is 0 Å². The molecule has 0 unspecified atom stereocenters. The predicted molar refractivity (Wildman–Crippen MR) is 114 cm³/mol. The molecule has 150 valence electrons. The van der Waals surface area contributed by atoms with Crippen LogP contribution in [0, 0.1) is 0 Å². The lowest BCUT2D eigenvalue weighted by molar-refractivity contribution is -0.131. The number of hydrogen-bond donors (Lipinski definition) is 1. The van der Waals surface area contributed by atoms with Gasteiger partial charge in [0.25, 0.3) is 11.3 Å². The van der Waals surface area contributed by atoms with Gasteiger partial charge in [0.1, 0.15) is 5.75 Å². The second kappa shape index (κ2) is 8.21. The lowest BCUT2D eigenvalue weighted by atomic mass is 10.1. The molecule has 1 N–H and O–H groups in total. The van der Waals surface area contributed by atoms with Gasteiger partial charge in [0.2, 0.25) is 0 Å². The van der Waals surface area contributed by atoms with E-state index in [4.69, 9.17) is 9.84 Å². The lowest BCUT2D eigenvalue weighted by Gasteiger charge is -2.13. The van der Waals surface area contributed by atoms with Crippen LogP contribution in [0.5, 0.6) is 5.75 Å². The smallest absolute Gasteiger partial charge is 0.377 e. The Bertz CT molecular complexity index is 1300. The zero-order valence-corrected chi connectivity index (χ0v) is 16.1. The highest BCUT2D eigenvalue weighted by atomic mass is 16.5. The zero-order valence-electron chi connectivity index (χ0n) is 16.1. The second-order valence-corrected chi connectivity index (χ2v) is 6.88. The number of aliphatic carboxylic acids is 1. The molecule has 6 nitrogen and oxygen atoms in total. The summed E-state index contributed by atoms with van der Waals surface area (Å²) in [5.74, 6) is -1.91. The van der Waals surface area contributed by atoms with Crippen LogP contribution in [0.4, 0.5) is 0 Å². The van der Waals surface area contributed by atoms with Crippen molar-refractivity contribution in [3.8, 4) is 5.75 Å². The van der Waals surface area contributed by atoms with Crippen LogP contribution in [0.25, 0.3) is 21.7 Å². The third kappa shape index (κ3) is 3.67. The Hall–Kier alpha value is -3.93. The average molecular weight is 401 g/mol. The molecule has 3 aromatic carbocycles. The van der Waals surface area contributed by atoms with Crippen LogP contribution in [0.2, 0.25) is 0 Å². The number of nitrogens with zero attached hydrogens (tertiary/aromatic N) is 1. The van der Waals surface area contributed by atoms with E-state index >= 15 is 0 Å². The Morgan fingerprint density at radius 1 is 0.833 bits per heavy atom. The first-order chi connectivity index (χ1) is 14.6. The van der Waals surface area contributed by atoms with Gasteiger partial charge in [-0.3, -0.25) is 9.59 Å². The van der Waals surface area contributed by atoms with Gasteiger partial charge in [0.15, 0.2) is 0 Å². The van der Waals surface area contributed by atoms with Gasteiger partial charge < -0.3 is 14.4 Å². The second-order valence-electron chi connectivity index (χ2n) is 6.88. The Morgan fingerprint density at radius 2 is 1.47 bits per heavy atom. The number of rotatable bonds is 7. The summed E-state index contributed by atoms with van der Waals surface area (Å²) in [6, 6.07) is 21.4. The number of Topliss-reactive ketones (excluding diaryl/α,β-unsaturated/α-hetero) is 1. The van der Waals surface area contributed by atoms with Gasteiger partial charge >= 0.3 is 5.97 Å². The molecule has 1 aromatic heterocycles. The third-order valence-electron chi connectivity index (χ3n) is 4.99. The number of ether oxygens (including phenoxy) is 1. The molecule has 0 saturated carbocycles. The molecule has 0 fully saturated rings. The van der Waals surface area contributed by atoms with Gasteiger partial charge in [-0.05, 0) is 48.2 Å². The van der Waals surface area contributed by atoms with Gasteiger partial charge in [-0.25, -0.2) is 4.79 Å². The minimum atomic E-state index is -1.49. The highest BCUT2D eigenvalue weighted by Crippen LogP contribution is 2.22. The van der Waals surface area contributed by atoms with E-state index < -0.39 is 11.8 Å². The van der Waals surface area contributed by atoms with Crippen LogP contribution in [0.15, 0.2) is 77.6 Å². The average Bonchev–Trinajstić information content (AvgIpc) is 2.78. The topological polar surface area (TPSA) is 85.6 Å². The third-order valence-corrected chi connectivity index (χ3v) is 4.99. The van der Waals surface area contributed by atoms with E-state index in [-0.39, 0.29) is 11.1 Å². The van der Waals surface area contributed by atoms with Gasteiger partial charge in [-0.15, -0.1) is 0 Å². The number of benzene rings is 3. The van der Waals surface area contributed by atoms with Crippen molar-refractivity contribution in [3.05, 3.63) is 88.7 Å². The van der Waals surface area contributed by atoms with Gasteiger partial charge in [0.05, 0.1) is 12.1 Å². The standard InChI is InChI=1S/C24H19NO5/c26-22(24(28)29)16-10-12-17(13-11-16)30-15-5-14-25-21-9-4-3-7-19(21)18-6-1-2-8-20(18)23(25)27/h1-4,6-13H,5,14-15H2,(H,28,29). The summed E-state index contributed by atoms with van der Waals surface area (Å²) in [6.45, 7) is 0.875. The summed E-state index contributed by atoms with van der Waals surface area (Å²) in [7, 11) is 0. The molecule has 0 spiro atoms. The molecule has 0 aliphatic carbocycles. The van der Waals surface area contributed by atoms with Gasteiger partial charge in [-0.1, -0.05) is 36.4 Å². The van der Waals surface area contributed by atoms with E-state index in [0.717, 1.165) is 16.3 Å². The number of carboxylic acids is 1. The van der Waals surface area contributed by atoms with Crippen LogP contribution in [0.1, 0.15) is 16.8 Å². The maximum Gasteiger partial charge on any atom is 0.377 e. The fourth-order valence-corrected chi connectivity index (χ4v) is 3.56. The highest BCUT2D eigenvalue weighted by Gasteiger charge is 2.14. The van der Waals surface area contributed by atoms with E-state index in [9.17, 15) is 14.4 Å².